The van der Waals surface area contributed by atoms with E-state index in [9.17, 15) is 9.18 Å². The zero-order valence-electron chi connectivity index (χ0n) is 18.4. The number of benzene rings is 1. The number of nitrogens with two attached hydrogens (primary N) is 1. The third-order valence-corrected chi connectivity index (χ3v) is 5.91. The summed E-state index contributed by atoms with van der Waals surface area (Å²) in [5.74, 6) is 1.12. The Balaban J connectivity index is 1.74. The van der Waals surface area contributed by atoms with Gasteiger partial charge in [-0.05, 0) is 62.9 Å². The summed E-state index contributed by atoms with van der Waals surface area (Å²) in [4.78, 5) is 19.3. The van der Waals surface area contributed by atoms with Crippen molar-refractivity contribution in [3.8, 4) is 17.1 Å². The highest BCUT2D eigenvalue weighted by atomic mass is 19.1. The van der Waals surface area contributed by atoms with Gasteiger partial charge in [-0.15, -0.1) is 0 Å². The monoisotopic (exact) mass is 445 g/mol. The van der Waals surface area contributed by atoms with Crippen molar-refractivity contribution in [2.45, 2.75) is 33.2 Å². The maximum absolute atomic E-state index is 13.5. The quantitative estimate of drug-likeness (QED) is 0.446. The summed E-state index contributed by atoms with van der Waals surface area (Å²) < 4.78 is 17.0. The van der Waals surface area contributed by atoms with Gasteiger partial charge in [0.2, 0.25) is 0 Å². The first-order valence-electron chi connectivity index (χ1n) is 10.8. The Labute approximate surface area is 189 Å². The minimum atomic E-state index is -0.300. The van der Waals surface area contributed by atoms with Gasteiger partial charge in [0, 0.05) is 29.8 Å². The maximum atomic E-state index is 13.5. The minimum absolute atomic E-state index is 0.300. The normalized spacial score (nSPS) is 13.3. The number of nitrogens with zero attached hydrogens (tertiary/aromatic N) is 5. The molecule has 3 aromatic heterocycles. The van der Waals surface area contributed by atoms with Crippen LogP contribution in [0, 0.1) is 25.6 Å². The third kappa shape index (κ3) is 3.97. The highest BCUT2D eigenvalue weighted by molar-refractivity contribution is 5.91. The molecular weight excluding hydrogens is 421 g/mol. The van der Waals surface area contributed by atoms with Crippen molar-refractivity contribution < 1.29 is 9.18 Å². The van der Waals surface area contributed by atoms with E-state index in [1.54, 1.807) is 36.0 Å². The second kappa shape index (κ2) is 8.16. The van der Waals surface area contributed by atoms with Gasteiger partial charge in [-0.1, -0.05) is 0 Å². The SMILES string of the molecule is Cc1nn(-c2cc(N)[nH]c3c(ccn2)c(-c2ccc(F)cc2)nn3CC2CC2)c(C)c1C=O. The fraction of sp³-hybridized carbons (Fsp3) is 0.250. The molecule has 8 nitrogen and oxygen atoms in total. The molecule has 0 aliphatic heterocycles. The summed E-state index contributed by atoms with van der Waals surface area (Å²) in [6, 6.07) is 9.81. The van der Waals surface area contributed by atoms with E-state index in [0.717, 1.165) is 35.1 Å². The number of carbonyl (C=O) groups excluding carboxylic acids is 1. The second-order valence-electron chi connectivity index (χ2n) is 8.39. The number of anilines is 1. The van der Waals surface area contributed by atoms with Gasteiger partial charge >= 0.3 is 0 Å². The number of aryl methyl sites for hydroxylation is 1. The predicted molar refractivity (Wildman–Crippen MR) is 124 cm³/mol. The van der Waals surface area contributed by atoms with Crippen molar-refractivity contribution in [1.29, 1.82) is 0 Å². The molecule has 1 aliphatic rings. The topological polar surface area (TPSA) is 107 Å². The van der Waals surface area contributed by atoms with E-state index in [1.807, 2.05) is 17.7 Å². The van der Waals surface area contributed by atoms with E-state index in [0.29, 0.717) is 34.5 Å². The molecule has 33 heavy (non-hydrogen) atoms. The van der Waals surface area contributed by atoms with Gasteiger partial charge in [0.1, 0.15) is 23.0 Å². The molecule has 9 heteroatoms. The molecule has 1 aliphatic carbocycles. The summed E-state index contributed by atoms with van der Waals surface area (Å²) in [6.07, 6.45) is 4.80. The van der Waals surface area contributed by atoms with E-state index in [2.05, 4.69) is 15.1 Å². The lowest BCUT2D eigenvalue weighted by Gasteiger charge is -2.03. The molecule has 168 valence electrons. The molecule has 3 N–H and O–H groups in total. The van der Waals surface area contributed by atoms with E-state index < -0.39 is 0 Å². The zero-order valence-corrected chi connectivity index (χ0v) is 18.4. The number of nitrogens with one attached hydrogen (secondary N) is 1. The number of halogens is 1. The van der Waals surface area contributed by atoms with Crippen LogP contribution in [0.4, 0.5) is 10.2 Å². The molecule has 0 radical (unpaired) electrons. The van der Waals surface area contributed by atoms with Crippen LogP contribution >= 0.6 is 0 Å². The van der Waals surface area contributed by atoms with Crippen LogP contribution in [0.25, 0.3) is 28.1 Å². The molecule has 1 saturated carbocycles. The van der Waals surface area contributed by atoms with Gasteiger partial charge in [0.05, 0.1) is 17.0 Å². The number of fused-ring (bicyclic) bond motifs is 1. The Kier molecular flexibility index (Phi) is 5.16. The fourth-order valence-corrected chi connectivity index (χ4v) is 3.97. The van der Waals surface area contributed by atoms with Crippen LogP contribution in [0.15, 0.2) is 42.6 Å². The smallest absolute Gasteiger partial charge is 0.157 e. The summed E-state index contributed by atoms with van der Waals surface area (Å²) in [7, 11) is 0. The molecule has 0 atom stereocenters. The van der Waals surface area contributed by atoms with Gasteiger partial charge in [-0.2, -0.15) is 10.2 Å². The summed E-state index contributed by atoms with van der Waals surface area (Å²) in [5, 5.41) is 10.1. The van der Waals surface area contributed by atoms with Crippen LogP contribution in [0.2, 0.25) is 0 Å². The molecule has 0 unspecified atom stereocenters. The number of hydrogen-bond acceptors (Lipinski definition) is 5. The van der Waals surface area contributed by atoms with E-state index >= 15 is 0 Å². The number of nitrogen functional groups attached to an aromatic ring is 1. The molecular formula is C24H24FN7O. The van der Waals surface area contributed by atoms with Crippen molar-refractivity contribution in [3.63, 3.8) is 0 Å². The number of H-pyrrole nitrogens is 1. The zero-order chi connectivity index (χ0) is 23.1. The van der Waals surface area contributed by atoms with Gasteiger partial charge in [-0.25, -0.2) is 18.7 Å². The Morgan fingerprint density at radius 2 is 1.94 bits per heavy atom. The molecule has 0 amide bonds. The molecule has 0 bridgehead atoms. The third-order valence-electron chi connectivity index (χ3n) is 5.91. The van der Waals surface area contributed by atoms with Crippen LogP contribution in [0.3, 0.4) is 0 Å². The predicted octanol–water partition coefficient (Wildman–Crippen LogP) is 4.30. The minimum Gasteiger partial charge on any atom is -0.385 e. The lowest BCUT2D eigenvalue weighted by Crippen LogP contribution is -2.04. The molecule has 1 aromatic carbocycles. The van der Waals surface area contributed by atoms with E-state index in [-0.39, 0.29) is 5.82 Å². The number of aromatic amines is 1. The Hall–Kier alpha value is -4.01. The summed E-state index contributed by atoms with van der Waals surface area (Å²) in [6.45, 7) is 4.36. The Bertz CT molecular complexity index is 1410. The maximum Gasteiger partial charge on any atom is 0.157 e. The molecule has 5 rings (SSSR count). The molecule has 3 heterocycles. The van der Waals surface area contributed by atoms with Crippen LogP contribution in [0.1, 0.15) is 34.6 Å². The van der Waals surface area contributed by atoms with Crippen molar-refractivity contribution in [2.75, 3.05) is 5.73 Å². The first-order chi connectivity index (χ1) is 15.9. The number of aromatic nitrogens is 6. The molecule has 4 aromatic rings. The number of rotatable bonds is 5. The number of hydrogen-bond donors (Lipinski definition) is 2. The van der Waals surface area contributed by atoms with E-state index in [1.165, 1.54) is 25.0 Å². The fourth-order valence-electron chi connectivity index (χ4n) is 3.97. The number of aldehydes is 1. The molecule has 1 fully saturated rings. The van der Waals surface area contributed by atoms with Crippen molar-refractivity contribution in [3.05, 3.63) is 65.4 Å². The first-order valence-corrected chi connectivity index (χ1v) is 10.8. The highest BCUT2D eigenvalue weighted by Crippen LogP contribution is 2.33. The Morgan fingerprint density at radius 3 is 2.61 bits per heavy atom. The number of carbonyl (C=O) groups is 1. The van der Waals surface area contributed by atoms with Crippen LogP contribution in [-0.2, 0) is 6.54 Å². The van der Waals surface area contributed by atoms with Crippen LogP contribution in [0.5, 0.6) is 0 Å². The summed E-state index contributed by atoms with van der Waals surface area (Å²) >= 11 is 0. The average Bonchev–Trinajstić information content (AvgIpc) is 3.46. The van der Waals surface area contributed by atoms with Crippen molar-refractivity contribution in [2.24, 2.45) is 5.92 Å². The van der Waals surface area contributed by atoms with Gasteiger partial charge in [-0.3, -0.25) is 4.79 Å². The average molecular weight is 446 g/mol. The second-order valence-corrected chi connectivity index (χ2v) is 8.39. The summed E-state index contributed by atoms with van der Waals surface area (Å²) in [5.41, 5.74) is 10.5. The molecule has 0 saturated heterocycles. The lowest BCUT2D eigenvalue weighted by molar-refractivity contribution is 0.112. The van der Waals surface area contributed by atoms with Crippen LogP contribution < -0.4 is 5.73 Å². The van der Waals surface area contributed by atoms with Crippen molar-refractivity contribution >= 4 is 23.1 Å². The van der Waals surface area contributed by atoms with Crippen LogP contribution in [-0.4, -0.2) is 35.8 Å². The van der Waals surface area contributed by atoms with Crippen molar-refractivity contribution in [1.82, 2.24) is 29.5 Å². The van der Waals surface area contributed by atoms with E-state index in [4.69, 9.17) is 10.8 Å². The molecule has 0 spiro atoms. The van der Waals surface area contributed by atoms with Gasteiger partial charge in [0.15, 0.2) is 12.1 Å². The van der Waals surface area contributed by atoms with Gasteiger partial charge < -0.3 is 10.7 Å². The largest absolute Gasteiger partial charge is 0.385 e. The van der Waals surface area contributed by atoms with Gasteiger partial charge in [0.25, 0.3) is 0 Å². The highest BCUT2D eigenvalue weighted by Gasteiger charge is 2.24. The Morgan fingerprint density at radius 1 is 1.18 bits per heavy atom. The first kappa shape index (κ1) is 20.9. The standard InChI is InChI=1S/C24H24FN7O/c1-14-20(13-33)15(2)32(29-14)22-11-21(26)28-24-19(9-10-27-22)23(17-5-7-18(25)8-6-17)30-31(24)12-16-3-4-16/h5-11,13,16,28H,3-4,12,26H2,1-2H3. The lowest BCUT2D eigenvalue weighted by atomic mass is 10.1.